The number of pyridine rings is 1. The standard InChI is InChI=1S/C32H42N4O9S/c1-22-27(35-32(40)45-25-5-3-2-4-6-25)19-24(21-33-22)23-7-8-26-28(20-23)46-31(34-26)36-29(37)9-11-41-13-15-43-17-18-44-16-14-42-12-10-30(38)39/h7-8,19-21,25H,2-6,9-18H2,1H3,(H,35,40)(H,38,39)(H,34,36,37). The van der Waals surface area contributed by atoms with Crippen molar-refractivity contribution in [2.45, 2.75) is 58.0 Å². The van der Waals surface area contributed by atoms with Gasteiger partial charge in [-0.25, -0.2) is 9.78 Å². The smallest absolute Gasteiger partial charge is 0.411 e. The molecule has 2 amide bonds. The molecule has 1 aliphatic carbocycles. The molecule has 0 bridgehead atoms. The normalized spacial score (nSPS) is 13.5. The predicted molar refractivity (Wildman–Crippen MR) is 173 cm³/mol. The highest BCUT2D eigenvalue weighted by atomic mass is 32.1. The van der Waals surface area contributed by atoms with E-state index in [-0.39, 0.29) is 38.1 Å². The molecule has 2 heterocycles. The molecule has 3 aromatic rings. The zero-order valence-corrected chi connectivity index (χ0v) is 26.9. The lowest BCUT2D eigenvalue weighted by Gasteiger charge is -2.22. The number of fused-ring (bicyclic) bond motifs is 1. The first-order chi connectivity index (χ1) is 22.4. The van der Waals surface area contributed by atoms with Crippen LogP contribution in [0.4, 0.5) is 15.6 Å². The Morgan fingerprint density at radius 1 is 0.848 bits per heavy atom. The number of aromatic nitrogens is 2. The average molecular weight is 659 g/mol. The molecule has 1 aliphatic rings. The molecule has 14 heteroatoms. The number of nitrogens with zero attached hydrogens (tertiary/aromatic N) is 2. The molecule has 0 saturated heterocycles. The Hall–Kier alpha value is -3.69. The van der Waals surface area contributed by atoms with E-state index in [2.05, 4.69) is 20.6 Å². The summed E-state index contributed by atoms with van der Waals surface area (Å²) in [4.78, 5) is 44.3. The predicted octanol–water partition coefficient (Wildman–Crippen LogP) is 5.42. The summed E-state index contributed by atoms with van der Waals surface area (Å²) in [7, 11) is 0. The number of amides is 2. The first-order valence-electron chi connectivity index (χ1n) is 15.6. The van der Waals surface area contributed by atoms with Gasteiger partial charge in [-0.05, 0) is 56.4 Å². The average Bonchev–Trinajstić information content (AvgIpc) is 3.44. The van der Waals surface area contributed by atoms with Gasteiger partial charge in [0.15, 0.2) is 5.13 Å². The van der Waals surface area contributed by atoms with Crippen LogP contribution in [0.5, 0.6) is 0 Å². The van der Waals surface area contributed by atoms with Crippen LogP contribution in [0, 0.1) is 6.92 Å². The number of aliphatic carboxylic acids is 1. The van der Waals surface area contributed by atoms with Gasteiger partial charge >= 0.3 is 12.1 Å². The van der Waals surface area contributed by atoms with Crippen molar-refractivity contribution in [3.05, 3.63) is 36.2 Å². The fourth-order valence-electron chi connectivity index (χ4n) is 4.72. The number of rotatable bonds is 19. The second-order valence-electron chi connectivity index (χ2n) is 10.7. The molecule has 2 aromatic heterocycles. The highest BCUT2D eigenvalue weighted by Gasteiger charge is 2.18. The van der Waals surface area contributed by atoms with E-state index in [1.165, 1.54) is 17.8 Å². The van der Waals surface area contributed by atoms with Crippen molar-refractivity contribution in [3.63, 3.8) is 0 Å². The summed E-state index contributed by atoms with van der Waals surface area (Å²) in [6.07, 6.45) is 6.60. The van der Waals surface area contributed by atoms with Crippen molar-refractivity contribution in [1.29, 1.82) is 0 Å². The van der Waals surface area contributed by atoms with Gasteiger partial charge in [0, 0.05) is 11.8 Å². The van der Waals surface area contributed by atoms with Gasteiger partial charge in [-0.2, -0.15) is 0 Å². The number of hydrogen-bond acceptors (Lipinski definition) is 11. The van der Waals surface area contributed by atoms with Crippen LogP contribution in [0.2, 0.25) is 0 Å². The van der Waals surface area contributed by atoms with Gasteiger partial charge in [0.25, 0.3) is 0 Å². The second kappa shape index (κ2) is 19.1. The third-order valence-electron chi connectivity index (χ3n) is 7.17. The lowest BCUT2D eigenvalue weighted by molar-refractivity contribution is -0.138. The summed E-state index contributed by atoms with van der Waals surface area (Å²) < 4.78 is 27.9. The Bertz CT molecular complexity index is 1430. The summed E-state index contributed by atoms with van der Waals surface area (Å²) in [5.41, 5.74) is 3.82. The topological polar surface area (TPSA) is 167 Å². The van der Waals surface area contributed by atoms with Crippen molar-refractivity contribution in [2.75, 3.05) is 63.5 Å². The van der Waals surface area contributed by atoms with Crippen molar-refractivity contribution in [3.8, 4) is 11.1 Å². The van der Waals surface area contributed by atoms with E-state index in [1.807, 2.05) is 31.2 Å². The fraction of sp³-hybridized carbons (Fsp3) is 0.531. The minimum absolute atomic E-state index is 0.0245. The summed E-state index contributed by atoms with van der Waals surface area (Å²) in [6, 6.07) is 7.71. The van der Waals surface area contributed by atoms with E-state index in [0.29, 0.717) is 56.2 Å². The van der Waals surface area contributed by atoms with Gasteiger partial charge in [-0.1, -0.05) is 23.8 Å². The number of nitrogens with one attached hydrogen (secondary N) is 2. The van der Waals surface area contributed by atoms with E-state index in [9.17, 15) is 14.4 Å². The first kappa shape index (κ1) is 35.2. The molecule has 1 saturated carbocycles. The molecule has 3 N–H and O–H groups in total. The number of thiazole rings is 1. The number of carbonyl (C=O) groups excluding carboxylic acids is 2. The number of hydrogen-bond donors (Lipinski definition) is 3. The summed E-state index contributed by atoms with van der Waals surface area (Å²) in [6.45, 7) is 4.47. The summed E-state index contributed by atoms with van der Waals surface area (Å²) in [5.74, 6) is -1.09. The fourth-order valence-corrected chi connectivity index (χ4v) is 5.64. The zero-order valence-electron chi connectivity index (χ0n) is 26.1. The van der Waals surface area contributed by atoms with Crippen LogP contribution in [0.25, 0.3) is 21.3 Å². The van der Waals surface area contributed by atoms with Gasteiger partial charge in [-0.3, -0.25) is 19.9 Å². The molecule has 0 atom stereocenters. The van der Waals surface area contributed by atoms with E-state index in [0.717, 1.165) is 47.0 Å². The summed E-state index contributed by atoms with van der Waals surface area (Å²) in [5, 5.41) is 14.7. The van der Waals surface area contributed by atoms with Crippen LogP contribution in [0.15, 0.2) is 30.5 Å². The van der Waals surface area contributed by atoms with E-state index in [4.69, 9.17) is 28.8 Å². The molecule has 1 aromatic carbocycles. The van der Waals surface area contributed by atoms with Gasteiger partial charge in [0.05, 0.1) is 87.3 Å². The third kappa shape index (κ3) is 12.2. The molecule has 4 rings (SSSR count). The van der Waals surface area contributed by atoms with Crippen molar-refractivity contribution in [1.82, 2.24) is 9.97 Å². The molecule has 0 unspecified atom stereocenters. The van der Waals surface area contributed by atoms with Crippen molar-refractivity contribution in [2.24, 2.45) is 0 Å². The number of aryl methyl sites for hydroxylation is 1. The Morgan fingerprint density at radius 3 is 2.17 bits per heavy atom. The van der Waals surface area contributed by atoms with Crippen molar-refractivity contribution < 1.29 is 43.2 Å². The van der Waals surface area contributed by atoms with Crippen molar-refractivity contribution >= 4 is 50.3 Å². The molecule has 13 nitrogen and oxygen atoms in total. The Labute approximate surface area is 271 Å². The van der Waals surface area contributed by atoms with E-state index in [1.54, 1.807) is 6.20 Å². The Kier molecular flexibility index (Phi) is 14.6. The molecular formula is C32H42N4O9S. The number of anilines is 2. The third-order valence-corrected chi connectivity index (χ3v) is 8.10. The lowest BCUT2D eigenvalue weighted by atomic mass is 9.98. The number of carbonyl (C=O) groups is 3. The van der Waals surface area contributed by atoms with E-state index < -0.39 is 12.1 Å². The quantitative estimate of drug-likeness (QED) is 0.141. The molecule has 0 radical (unpaired) electrons. The maximum atomic E-state index is 12.5. The zero-order chi connectivity index (χ0) is 32.6. The largest absolute Gasteiger partial charge is 0.481 e. The van der Waals surface area contributed by atoms with E-state index >= 15 is 0 Å². The maximum Gasteiger partial charge on any atom is 0.411 e. The van der Waals surface area contributed by atoms with Gasteiger partial charge in [0.2, 0.25) is 5.91 Å². The van der Waals surface area contributed by atoms with Crippen LogP contribution < -0.4 is 10.6 Å². The highest BCUT2D eigenvalue weighted by molar-refractivity contribution is 7.22. The maximum absolute atomic E-state index is 12.5. The molecular weight excluding hydrogens is 616 g/mol. The number of carboxylic acids is 1. The minimum Gasteiger partial charge on any atom is -0.481 e. The molecule has 1 fully saturated rings. The molecule has 0 spiro atoms. The van der Waals surface area contributed by atoms with Crippen LogP contribution >= 0.6 is 11.3 Å². The van der Waals surface area contributed by atoms with Crippen LogP contribution in [0.1, 0.15) is 50.6 Å². The lowest BCUT2D eigenvalue weighted by Crippen LogP contribution is -2.24. The Balaban J connectivity index is 1.14. The SMILES string of the molecule is Cc1ncc(-c2ccc3nc(NC(=O)CCOCCOCCOCCOCCC(=O)O)sc3c2)cc1NC(=O)OC1CCCCC1. The van der Waals surface area contributed by atoms with Crippen LogP contribution in [-0.4, -0.2) is 92.0 Å². The van der Waals surface area contributed by atoms with Crippen LogP contribution in [0.3, 0.4) is 0 Å². The number of ether oxygens (including phenoxy) is 5. The first-order valence-corrected chi connectivity index (χ1v) is 16.4. The van der Waals surface area contributed by atoms with Crippen LogP contribution in [-0.2, 0) is 33.3 Å². The Morgan fingerprint density at radius 2 is 1.50 bits per heavy atom. The minimum atomic E-state index is -0.891. The molecule has 250 valence electrons. The molecule has 46 heavy (non-hydrogen) atoms. The highest BCUT2D eigenvalue weighted by Crippen LogP contribution is 2.32. The van der Waals surface area contributed by atoms with Gasteiger partial charge in [-0.15, -0.1) is 0 Å². The summed E-state index contributed by atoms with van der Waals surface area (Å²) >= 11 is 1.38. The monoisotopic (exact) mass is 658 g/mol. The number of benzene rings is 1. The van der Waals surface area contributed by atoms with Gasteiger partial charge in [0.1, 0.15) is 6.10 Å². The number of carboxylic acid groups (broad SMARTS) is 1. The molecule has 0 aliphatic heterocycles. The second-order valence-corrected chi connectivity index (χ2v) is 11.8. The van der Waals surface area contributed by atoms with Gasteiger partial charge < -0.3 is 34.1 Å².